The molecule has 0 bridgehead atoms. The maximum Gasteiger partial charge on any atom is 0.243 e. The summed E-state index contributed by atoms with van der Waals surface area (Å²) in [6.45, 7) is 3.42. The van der Waals surface area contributed by atoms with E-state index in [0.29, 0.717) is 6.54 Å². The van der Waals surface area contributed by atoms with E-state index in [2.05, 4.69) is 47.5 Å². The second-order valence-corrected chi connectivity index (χ2v) is 6.54. The molecule has 0 spiro atoms. The Morgan fingerprint density at radius 3 is 2.83 bits per heavy atom. The normalized spacial score (nSPS) is 18.6. The fraction of sp³-hybridized carbons (Fsp3) is 0.300. The van der Waals surface area contributed by atoms with Crippen molar-refractivity contribution in [2.45, 2.75) is 38.9 Å². The third kappa shape index (κ3) is 2.80. The van der Waals surface area contributed by atoms with Crippen LogP contribution in [0.25, 0.3) is 0 Å². The largest absolute Gasteiger partial charge is 0.350 e. The molecular weight excluding hydrogens is 298 g/mol. The summed E-state index contributed by atoms with van der Waals surface area (Å²) >= 11 is 0. The monoisotopic (exact) mass is 319 g/mol. The number of amides is 1. The Morgan fingerprint density at radius 1 is 1.21 bits per heavy atom. The van der Waals surface area contributed by atoms with Gasteiger partial charge in [-0.1, -0.05) is 48.0 Å². The summed E-state index contributed by atoms with van der Waals surface area (Å²) in [7, 11) is 0. The number of aliphatic imine (C=N–C) groups is 1. The van der Waals surface area contributed by atoms with Gasteiger partial charge in [-0.05, 0) is 30.5 Å². The molecule has 1 atom stereocenters. The summed E-state index contributed by atoms with van der Waals surface area (Å²) in [5.41, 5.74) is 4.60. The standard InChI is InChI=1S/C20H21N3O/c1-14-6-8-15(9-7-14)12-21-20(24)18-10-11-19-22-17-5-3-2-4-16(17)13-23(18)19/h2-9,18H,10-13H2,1H3,(H,21,24)/t18-/m0/s1. The van der Waals surface area contributed by atoms with E-state index >= 15 is 0 Å². The van der Waals surface area contributed by atoms with Crippen molar-refractivity contribution in [3.05, 3.63) is 65.2 Å². The number of carbonyl (C=O) groups excluding carboxylic acids is 1. The number of aryl methyl sites for hydroxylation is 1. The molecule has 0 saturated carbocycles. The number of para-hydroxylation sites is 1. The molecule has 2 aliphatic rings. The first-order chi connectivity index (χ1) is 11.7. The highest BCUT2D eigenvalue weighted by atomic mass is 16.2. The van der Waals surface area contributed by atoms with Crippen molar-refractivity contribution < 1.29 is 4.79 Å². The topological polar surface area (TPSA) is 44.7 Å². The van der Waals surface area contributed by atoms with Crippen LogP contribution >= 0.6 is 0 Å². The number of fused-ring (bicyclic) bond motifs is 2. The lowest BCUT2D eigenvalue weighted by molar-refractivity contribution is -0.125. The first-order valence-corrected chi connectivity index (χ1v) is 8.46. The van der Waals surface area contributed by atoms with Crippen molar-refractivity contribution in [3.63, 3.8) is 0 Å². The molecule has 1 fully saturated rings. The highest BCUT2D eigenvalue weighted by Gasteiger charge is 2.36. The van der Waals surface area contributed by atoms with Crippen molar-refractivity contribution >= 4 is 17.4 Å². The zero-order valence-electron chi connectivity index (χ0n) is 13.8. The lowest BCUT2D eigenvalue weighted by Gasteiger charge is -2.29. The van der Waals surface area contributed by atoms with Gasteiger partial charge >= 0.3 is 0 Å². The van der Waals surface area contributed by atoms with Crippen LogP contribution in [0.4, 0.5) is 5.69 Å². The quantitative estimate of drug-likeness (QED) is 0.943. The highest BCUT2D eigenvalue weighted by Crippen LogP contribution is 2.32. The minimum atomic E-state index is -0.109. The summed E-state index contributed by atoms with van der Waals surface area (Å²) in [5, 5.41) is 3.08. The molecule has 1 N–H and O–H groups in total. The molecule has 4 heteroatoms. The van der Waals surface area contributed by atoms with Gasteiger partial charge in [0.1, 0.15) is 11.9 Å². The highest BCUT2D eigenvalue weighted by molar-refractivity contribution is 5.95. The molecule has 2 aromatic carbocycles. The summed E-state index contributed by atoms with van der Waals surface area (Å²) in [4.78, 5) is 19.5. The second kappa shape index (κ2) is 6.11. The predicted octanol–water partition coefficient (Wildman–Crippen LogP) is 3.32. The number of rotatable bonds is 3. The van der Waals surface area contributed by atoms with Crippen LogP contribution < -0.4 is 5.32 Å². The van der Waals surface area contributed by atoms with Gasteiger partial charge in [0.15, 0.2) is 0 Å². The maximum absolute atomic E-state index is 12.6. The fourth-order valence-corrected chi connectivity index (χ4v) is 3.43. The molecule has 122 valence electrons. The number of nitrogens with one attached hydrogen (secondary N) is 1. The fourth-order valence-electron chi connectivity index (χ4n) is 3.43. The Balaban J connectivity index is 1.44. The van der Waals surface area contributed by atoms with Crippen LogP contribution in [-0.4, -0.2) is 22.7 Å². The van der Waals surface area contributed by atoms with E-state index < -0.39 is 0 Å². The Labute approximate surface area is 142 Å². The average Bonchev–Trinajstić information content (AvgIpc) is 3.02. The van der Waals surface area contributed by atoms with Gasteiger partial charge in [-0.3, -0.25) is 4.79 Å². The molecule has 0 aliphatic carbocycles. The van der Waals surface area contributed by atoms with Crippen molar-refractivity contribution in [1.29, 1.82) is 0 Å². The molecule has 4 nitrogen and oxygen atoms in total. The summed E-state index contributed by atoms with van der Waals surface area (Å²) in [5.74, 6) is 1.14. The summed E-state index contributed by atoms with van der Waals surface area (Å²) in [6.07, 6.45) is 1.71. The number of amidine groups is 1. The predicted molar refractivity (Wildman–Crippen MR) is 95.1 cm³/mol. The Morgan fingerprint density at radius 2 is 2.00 bits per heavy atom. The van der Waals surface area contributed by atoms with Crippen molar-refractivity contribution in [2.24, 2.45) is 4.99 Å². The van der Waals surface area contributed by atoms with E-state index in [1.807, 2.05) is 18.2 Å². The molecule has 0 unspecified atom stereocenters. The van der Waals surface area contributed by atoms with Crippen LogP contribution in [0.5, 0.6) is 0 Å². The molecular formula is C20H21N3O. The molecule has 4 rings (SSSR count). The molecule has 2 aliphatic heterocycles. The Bertz CT molecular complexity index is 795. The van der Waals surface area contributed by atoms with E-state index in [9.17, 15) is 4.79 Å². The number of benzene rings is 2. The zero-order chi connectivity index (χ0) is 16.5. The van der Waals surface area contributed by atoms with Crippen LogP contribution in [0.1, 0.15) is 29.5 Å². The third-order valence-corrected chi connectivity index (χ3v) is 4.82. The SMILES string of the molecule is Cc1ccc(CNC(=O)[C@@H]2CCC3=Nc4ccccc4CN32)cc1. The van der Waals surface area contributed by atoms with E-state index in [4.69, 9.17) is 4.99 Å². The van der Waals surface area contributed by atoms with Gasteiger partial charge in [0, 0.05) is 19.5 Å². The molecule has 2 heterocycles. The van der Waals surface area contributed by atoms with E-state index in [1.54, 1.807) is 0 Å². The molecule has 2 aromatic rings. The number of hydrogen-bond acceptors (Lipinski definition) is 3. The molecule has 0 aromatic heterocycles. The van der Waals surface area contributed by atoms with E-state index in [1.165, 1.54) is 11.1 Å². The van der Waals surface area contributed by atoms with Gasteiger partial charge in [-0.25, -0.2) is 4.99 Å². The van der Waals surface area contributed by atoms with Gasteiger partial charge in [-0.2, -0.15) is 0 Å². The van der Waals surface area contributed by atoms with Gasteiger partial charge < -0.3 is 10.2 Å². The maximum atomic E-state index is 12.6. The minimum Gasteiger partial charge on any atom is -0.350 e. The number of nitrogens with zero attached hydrogens (tertiary/aromatic N) is 2. The van der Waals surface area contributed by atoms with E-state index in [0.717, 1.165) is 36.5 Å². The van der Waals surface area contributed by atoms with Crippen LogP contribution in [-0.2, 0) is 17.9 Å². The van der Waals surface area contributed by atoms with Crippen LogP contribution in [0.2, 0.25) is 0 Å². The smallest absolute Gasteiger partial charge is 0.243 e. The van der Waals surface area contributed by atoms with Crippen molar-refractivity contribution in [1.82, 2.24) is 10.2 Å². The minimum absolute atomic E-state index is 0.0974. The molecule has 24 heavy (non-hydrogen) atoms. The number of hydrogen-bond donors (Lipinski definition) is 1. The van der Waals surface area contributed by atoms with Crippen LogP contribution in [0.15, 0.2) is 53.5 Å². The Hall–Kier alpha value is -2.62. The number of carbonyl (C=O) groups is 1. The van der Waals surface area contributed by atoms with E-state index in [-0.39, 0.29) is 11.9 Å². The van der Waals surface area contributed by atoms with Crippen LogP contribution in [0.3, 0.4) is 0 Å². The Kier molecular flexibility index (Phi) is 3.81. The van der Waals surface area contributed by atoms with Crippen LogP contribution in [0, 0.1) is 6.92 Å². The van der Waals surface area contributed by atoms with Crippen molar-refractivity contribution in [3.8, 4) is 0 Å². The van der Waals surface area contributed by atoms with Gasteiger partial charge in [-0.15, -0.1) is 0 Å². The first-order valence-electron chi connectivity index (χ1n) is 8.46. The molecule has 1 amide bonds. The van der Waals surface area contributed by atoms with Crippen molar-refractivity contribution in [2.75, 3.05) is 0 Å². The van der Waals surface area contributed by atoms with Gasteiger partial charge in [0.05, 0.1) is 5.69 Å². The summed E-state index contributed by atoms with van der Waals surface area (Å²) < 4.78 is 0. The second-order valence-electron chi connectivity index (χ2n) is 6.54. The average molecular weight is 319 g/mol. The third-order valence-electron chi connectivity index (χ3n) is 4.82. The summed E-state index contributed by atoms with van der Waals surface area (Å²) in [6, 6.07) is 16.3. The lowest BCUT2D eigenvalue weighted by Crippen LogP contribution is -2.44. The van der Waals surface area contributed by atoms with Gasteiger partial charge in [0.2, 0.25) is 5.91 Å². The first kappa shape index (κ1) is 14.9. The van der Waals surface area contributed by atoms with Gasteiger partial charge in [0.25, 0.3) is 0 Å². The molecule has 0 radical (unpaired) electrons. The zero-order valence-corrected chi connectivity index (χ0v) is 13.8. The lowest BCUT2D eigenvalue weighted by atomic mass is 10.1. The molecule has 1 saturated heterocycles.